The molecular formula is C25H29NO6S. The van der Waals surface area contributed by atoms with Gasteiger partial charge in [-0.1, -0.05) is 56.8 Å². The minimum absolute atomic E-state index is 0.0955. The van der Waals surface area contributed by atoms with Crippen LogP contribution in [0.3, 0.4) is 0 Å². The van der Waals surface area contributed by atoms with Crippen molar-refractivity contribution in [3.8, 4) is 0 Å². The zero-order chi connectivity index (χ0) is 24.1. The number of amides is 2. The van der Waals surface area contributed by atoms with Crippen LogP contribution in [0.5, 0.6) is 0 Å². The molecule has 2 aliphatic heterocycles. The molecule has 0 spiro atoms. The Morgan fingerprint density at radius 2 is 1.61 bits per heavy atom. The van der Waals surface area contributed by atoms with Crippen molar-refractivity contribution in [1.29, 1.82) is 0 Å². The lowest BCUT2D eigenvalue weighted by Crippen LogP contribution is -2.64. The van der Waals surface area contributed by atoms with E-state index in [4.69, 9.17) is 4.74 Å². The Morgan fingerprint density at radius 3 is 2.15 bits per heavy atom. The van der Waals surface area contributed by atoms with Crippen molar-refractivity contribution in [2.75, 3.05) is 6.61 Å². The fourth-order valence-corrected chi connectivity index (χ4v) is 5.56. The molecule has 0 radical (unpaired) electrons. The van der Waals surface area contributed by atoms with E-state index in [2.05, 4.69) is 26.8 Å². The second-order valence-corrected chi connectivity index (χ2v) is 10.7. The van der Waals surface area contributed by atoms with Crippen molar-refractivity contribution < 1.29 is 29.6 Å². The number of rotatable bonds is 4. The number of thioether (sulfide) groups is 1. The fraction of sp³-hybridized carbons (Fsp3) is 0.440. The van der Waals surface area contributed by atoms with Crippen LogP contribution in [0.25, 0.3) is 0 Å². The lowest BCUT2D eigenvalue weighted by Gasteiger charge is -2.45. The molecule has 2 aromatic carbocycles. The number of aliphatic hydroxyl groups is 3. The molecule has 2 amide bonds. The highest BCUT2D eigenvalue weighted by molar-refractivity contribution is 7.99. The second-order valence-electron chi connectivity index (χ2n) is 9.57. The monoisotopic (exact) mass is 471 g/mol. The smallest absolute Gasteiger partial charge is 0.262 e. The lowest BCUT2D eigenvalue weighted by molar-refractivity contribution is -0.181. The minimum atomic E-state index is -1.48. The molecule has 2 heterocycles. The number of ether oxygens (including phenoxy) is 1. The number of fused-ring (bicyclic) bond motifs is 1. The number of aliphatic hydroxyl groups excluding tert-OH is 3. The first-order valence-electron chi connectivity index (χ1n) is 10.9. The minimum Gasteiger partial charge on any atom is -0.394 e. The zero-order valence-corrected chi connectivity index (χ0v) is 19.9. The summed E-state index contributed by atoms with van der Waals surface area (Å²) in [6.45, 7) is 7.75. The van der Waals surface area contributed by atoms with E-state index in [9.17, 15) is 24.9 Å². The van der Waals surface area contributed by atoms with Gasteiger partial charge in [0.15, 0.2) is 0 Å². The summed E-state index contributed by atoms with van der Waals surface area (Å²) in [4.78, 5) is 28.2. The van der Waals surface area contributed by atoms with Gasteiger partial charge in [0.25, 0.3) is 11.8 Å². The Morgan fingerprint density at radius 1 is 1.00 bits per heavy atom. The maximum Gasteiger partial charge on any atom is 0.262 e. The molecule has 0 aliphatic carbocycles. The molecule has 0 saturated carbocycles. The van der Waals surface area contributed by atoms with Crippen molar-refractivity contribution in [3.05, 3.63) is 64.7 Å². The van der Waals surface area contributed by atoms with Crippen LogP contribution in [0.15, 0.2) is 47.4 Å². The molecule has 2 aromatic rings. The van der Waals surface area contributed by atoms with Gasteiger partial charge in [-0.05, 0) is 41.7 Å². The van der Waals surface area contributed by atoms with Gasteiger partial charge in [0.05, 0.1) is 17.7 Å². The van der Waals surface area contributed by atoms with Gasteiger partial charge in [-0.25, -0.2) is 0 Å². The molecule has 3 N–H and O–H groups in total. The predicted octanol–water partition coefficient (Wildman–Crippen LogP) is 2.49. The maximum atomic E-state index is 13.2. The van der Waals surface area contributed by atoms with Gasteiger partial charge < -0.3 is 20.1 Å². The fourth-order valence-electron chi connectivity index (χ4n) is 4.24. The highest BCUT2D eigenvalue weighted by Gasteiger charge is 2.53. The number of carbonyl (C=O) groups is 2. The van der Waals surface area contributed by atoms with Crippen LogP contribution in [-0.2, 0) is 10.2 Å². The molecule has 1 saturated heterocycles. The van der Waals surface area contributed by atoms with Crippen molar-refractivity contribution in [2.24, 2.45) is 0 Å². The average Bonchev–Trinajstić information content (AvgIpc) is 3.02. The normalized spacial score (nSPS) is 27.7. The third-order valence-electron chi connectivity index (χ3n) is 6.27. The van der Waals surface area contributed by atoms with Gasteiger partial charge in [0.1, 0.15) is 29.8 Å². The Bertz CT molecular complexity index is 1050. The number of aryl methyl sites for hydroxylation is 1. The molecule has 4 rings (SSSR count). The molecule has 33 heavy (non-hydrogen) atoms. The maximum absolute atomic E-state index is 13.2. The van der Waals surface area contributed by atoms with E-state index < -0.39 is 48.2 Å². The van der Waals surface area contributed by atoms with Crippen molar-refractivity contribution in [1.82, 2.24) is 4.90 Å². The Balaban J connectivity index is 1.74. The Labute approximate surface area is 197 Å². The number of hydrogen-bond donors (Lipinski definition) is 3. The first-order chi connectivity index (χ1) is 15.5. The van der Waals surface area contributed by atoms with E-state index >= 15 is 0 Å². The number of hydrogen-bond acceptors (Lipinski definition) is 7. The van der Waals surface area contributed by atoms with Gasteiger partial charge in [-0.2, -0.15) is 0 Å². The Kier molecular flexibility index (Phi) is 6.41. The van der Waals surface area contributed by atoms with Crippen LogP contribution in [0.1, 0.15) is 52.6 Å². The van der Waals surface area contributed by atoms with E-state index in [1.54, 1.807) is 24.3 Å². The van der Waals surface area contributed by atoms with Crippen molar-refractivity contribution >= 4 is 23.6 Å². The van der Waals surface area contributed by atoms with E-state index in [-0.39, 0.29) is 16.5 Å². The number of carbonyl (C=O) groups excluding carboxylic acids is 2. The van der Waals surface area contributed by atoms with Crippen LogP contribution in [0.2, 0.25) is 0 Å². The first kappa shape index (κ1) is 23.9. The second kappa shape index (κ2) is 8.85. The van der Waals surface area contributed by atoms with Gasteiger partial charge in [-0.3, -0.25) is 14.5 Å². The van der Waals surface area contributed by atoms with Gasteiger partial charge in [0, 0.05) is 4.90 Å². The number of benzene rings is 2. The van der Waals surface area contributed by atoms with Crippen LogP contribution < -0.4 is 0 Å². The van der Waals surface area contributed by atoms with E-state index in [0.29, 0.717) is 0 Å². The zero-order valence-electron chi connectivity index (χ0n) is 19.1. The topological polar surface area (TPSA) is 107 Å². The Hall–Kier alpha value is -2.23. The van der Waals surface area contributed by atoms with Crippen LogP contribution in [0, 0.1) is 6.92 Å². The summed E-state index contributed by atoms with van der Waals surface area (Å²) in [5.41, 5.74) is 1.59. The SMILES string of the molecule is Cc1ccc(C(C)(C)C)cc1S[C@@H]1O[C@H](CO)[C@@H](O)[C@H](O)[C@H]1N1C(=O)c2ccccc2C1=O. The molecule has 176 valence electrons. The molecule has 7 nitrogen and oxygen atoms in total. The number of imide groups is 1. The van der Waals surface area contributed by atoms with E-state index in [0.717, 1.165) is 20.9 Å². The summed E-state index contributed by atoms with van der Waals surface area (Å²) in [6, 6.07) is 11.4. The molecule has 2 aliphatic rings. The van der Waals surface area contributed by atoms with Crippen LogP contribution in [0.4, 0.5) is 0 Å². The first-order valence-corrected chi connectivity index (χ1v) is 11.8. The summed E-state index contributed by atoms with van der Waals surface area (Å²) in [5.74, 6) is -1.08. The van der Waals surface area contributed by atoms with E-state index in [1.165, 1.54) is 11.8 Å². The third kappa shape index (κ3) is 4.22. The quantitative estimate of drug-likeness (QED) is 0.588. The largest absolute Gasteiger partial charge is 0.394 e. The molecule has 0 aromatic heterocycles. The molecule has 0 unspecified atom stereocenters. The van der Waals surface area contributed by atoms with Crippen molar-refractivity contribution in [3.63, 3.8) is 0 Å². The highest BCUT2D eigenvalue weighted by Crippen LogP contribution is 2.40. The standard InChI is InChI=1S/C25H29NO6S/c1-13-9-10-14(25(2,3)4)11-18(13)33-24-19(21(29)20(28)17(12-27)32-24)26-22(30)15-7-5-6-8-16(15)23(26)31/h5-11,17,19-21,24,27-29H,12H2,1-4H3/t17-,19-,20-,21-,24+/m1/s1. The third-order valence-corrected chi connectivity index (χ3v) is 7.59. The molecule has 1 fully saturated rings. The van der Waals surface area contributed by atoms with Crippen LogP contribution in [-0.4, -0.2) is 68.4 Å². The van der Waals surface area contributed by atoms with Crippen molar-refractivity contribution in [2.45, 2.75) is 67.8 Å². The number of nitrogens with zero attached hydrogens (tertiary/aromatic N) is 1. The lowest BCUT2D eigenvalue weighted by atomic mass is 9.87. The van der Waals surface area contributed by atoms with Gasteiger partial charge >= 0.3 is 0 Å². The summed E-state index contributed by atoms with van der Waals surface area (Å²) >= 11 is 1.27. The summed E-state index contributed by atoms with van der Waals surface area (Å²) < 4.78 is 5.98. The molecule has 5 atom stereocenters. The van der Waals surface area contributed by atoms with Crippen LogP contribution >= 0.6 is 11.8 Å². The van der Waals surface area contributed by atoms with E-state index in [1.807, 2.05) is 19.1 Å². The molecule has 0 bridgehead atoms. The highest BCUT2D eigenvalue weighted by atomic mass is 32.2. The summed E-state index contributed by atoms with van der Waals surface area (Å²) in [7, 11) is 0. The summed E-state index contributed by atoms with van der Waals surface area (Å²) in [5, 5.41) is 31.3. The van der Waals surface area contributed by atoms with Gasteiger partial charge in [0.2, 0.25) is 0 Å². The molecular weight excluding hydrogens is 442 g/mol. The summed E-state index contributed by atoms with van der Waals surface area (Å²) in [6.07, 6.45) is -3.99. The average molecular weight is 472 g/mol. The van der Waals surface area contributed by atoms with Gasteiger partial charge in [-0.15, -0.1) is 0 Å². The predicted molar refractivity (Wildman–Crippen MR) is 124 cm³/mol. The molecule has 8 heteroatoms.